The van der Waals surface area contributed by atoms with Gasteiger partial charge in [-0.3, -0.25) is 4.79 Å². The standard InChI is InChI=1S/C8H13NO5/c9-8(13)4-3-6(12)5(11)2(1-10)14-7(3)4/h2-7,10-12H,1H2,(H2,9,13)/t2-,3-,4+,5+,6-,7+/m1/s1. The zero-order chi connectivity index (χ0) is 10.5. The number of nitrogens with two attached hydrogens (primary N) is 1. The van der Waals surface area contributed by atoms with Gasteiger partial charge in [-0.05, 0) is 0 Å². The van der Waals surface area contributed by atoms with Gasteiger partial charge in [0.05, 0.1) is 24.7 Å². The van der Waals surface area contributed by atoms with Gasteiger partial charge in [0.15, 0.2) is 0 Å². The van der Waals surface area contributed by atoms with Crippen LogP contribution in [-0.2, 0) is 9.53 Å². The van der Waals surface area contributed by atoms with Crippen LogP contribution in [0.15, 0.2) is 0 Å². The van der Waals surface area contributed by atoms with Crippen molar-refractivity contribution in [2.24, 2.45) is 17.6 Å². The molecule has 2 rings (SSSR count). The van der Waals surface area contributed by atoms with Gasteiger partial charge >= 0.3 is 0 Å². The molecule has 1 saturated heterocycles. The van der Waals surface area contributed by atoms with Crippen molar-refractivity contribution in [3.8, 4) is 0 Å². The molecule has 1 aliphatic heterocycles. The molecular weight excluding hydrogens is 190 g/mol. The van der Waals surface area contributed by atoms with Gasteiger partial charge in [-0.15, -0.1) is 0 Å². The van der Waals surface area contributed by atoms with Crippen molar-refractivity contribution in [2.45, 2.75) is 24.4 Å². The predicted molar refractivity (Wildman–Crippen MR) is 43.9 cm³/mol. The summed E-state index contributed by atoms with van der Waals surface area (Å²) in [6, 6.07) is 0. The minimum atomic E-state index is -1.15. The average Bonchev–Trinajstić information content (AvgIpc) is 2.85. The Morgan fingerprint density at radius 1 is 1.36 bits per heavy atom. The Labute approximate surface area is 80.3 Å². The van der Waals surface area contributed by atoms with Gasteiger partial charge in [-0.2, -0.15) is 0 Å². The number of carbonyl (C=O) groups is 1. The lowest BCUT2D eigenvalue weighted by molar-refractivity contribution is -0.152. The monoisotopic (exact) mass is 203 g/mol. The van der Waals surface area contributed by atoms with Crippen molar-refractivity contribution in [3.63, 3.8) is 0 Å². The van der Waals surface area contributed by atoms with E-state index < -0.39 is 42.2 Å². The Morgan fingerprint density at radius 3 is 2.50 bits per heavy atom. The van der Waals surface area contributed by atoms with Crippen LogP contribution in [0.25, 0.3) is 0 Å². The molecule has 0 aromatic carbocycles. The highest BCUT2D eigenvalue weighted by atomic mass is 16.5. The molecular formula is C8H13NO5. The number of primary amides is 1. The van der Waals surface area contributed by atoms with Crippen molar-refractivity contribution < 1.29 is 24.9 Å². The molecule has 0 aromatic rings. The van der Waals surface area contributed by atoms with Gasteiger partial charge in [-0.1, -0.05) is 0 Å². The third kappa shape index (κ3) is 1.23. The summed E-state index contributed by atoms with van der Waals surface area (Å²) in [5.74, 6) is -1.48. The number of carbonyl (C=O) groups excluding carboxylic acids is 1. The fourth-order valence-corrected chi connectivity index (χ4v) is 2.12. The van der Waals surface area contributed by atoms with E-state index in [0.29, 0.717) is 0 Å². The molecule has 2 aliphatic rings. The largest absolute Gasteiger partial charge is 0.394 e. The van der Waals surface area contributed by atoms with E-state index in [0.717, 1.165) is 0 Å². The second-order valence-electron chi connectivity index (χ2n) is 3.81. The Bertz CT molecular complexity index is 258. The molecule has 0 unspecified atom stereocenters. The Morgan fingerprint density at radius 2 is 2.00 bits per heavy atom. The molecule has 6 heteroatoms. The van der Waals surface area contributed by atoms with Crippen molar-refractivity contribution in [3.05, 3.63) is 0 Å². The van der Waals surface area contributed by atoms with Crippen LogP contribution in [0.5, 0.6) is 0 Å². The summed E-state index contributed by atoms with van der Waals surface area (Å²) in [5.41, 5.74) is 5.08. The lowest BCUT2D eigenvalue weighted by Gasteiger charge is -2.29. The van der Waals surface area contributed by atoms with E-state index in [1.165, 1.54) is 0 Å². The second-order valence-corrected chi connectivity index (χ2v) is 3.81. The first-order valence-electron chi connectivity index (χ1n) is 4.49. The number of aliphatic hydroxyl groups excluding tert-OH is 3. The zero-order valence-electron chi connectivity index (χ0n) is 7.41. The highest BCUT2D eigenvalue weighted by Gasteiger charge is 2.64. The van der Waals surface area contributed by atoms with Gasteiger partial charge in [0.25, 0.3) is 0 Å². The summed E-state index contributed by atoms with van der Waals surface area (Å²) in [6.45, 7) is -0.382. The van der Waals surface area contributed by atoms with Gasteiger partial charge in [0, 0.05) is 5.92 Å². The molecule has 1 amide bonds. The summed E-state index contributed by atoms with van der Waals surface area (Å²) >= 11 is 0. The van der Waals surface area contributed by atoms with E-state index in [1.54, 1.807) is 0 Å². The maximum atomic E-state index is 10.9. The SMILES string of the molecule is NC(=O)[C@@H]1[C@H]2O[C@H](CO)[C@H](O)[C@H](O)[C@H]21. The first kappa shape index (κ1) is 9.85. The first-order chi connectivity index (χ1) is 6.57. The Kier molecular flexibility index (Phi) is 2.23. The molecule has 0 bridgehead atoms. The lowest BCUT2D eigenvalue weighted by atomic mass is 10.0. The molecule has 0 spiro atoms. The van der Waals surface area contributed by atoms with Crippen molar-refractivity contribution in [1.82, 2.24) is 0 Å². The number of rotatable bonds is 2. The maximum Gasteiger partial charge on any atom is 0.223 e. The molecule has 14 heavy (non-hydrogen) atoms. The molecule has 1 saturated carbocycles. The molecule has 1 aliphatic carbocycles. The first-order valence-corrected chi connectivity index (χ1v) is 4.49. The van der Waals surface area contributed by atoms with Crippen molar-refractivity contribution in [1.29, 1.82) is 0 Å². The highest BCUT2D eigenvalue weighted by molar-refractivity contribution is 5.81. The average molecular weight is 203 g/mol. The number of amides is 1. The van der Waals surface area contributed by atoms with Crippen LogP contribution in [0.1, 0.15) is 0 Å². The van der Waals surface area contributed by atoms with Gasteiger partial charge in [0.1, 0.15) is 12.2 Å². The smallest absolute Gasteiger partial charge is 0.223 e. The maximum absolute atomic E-state index is 10.9. The van der Waals surface area contributed by atoms with E-state index in [1.807, 2.05) is 0 Å². The molecule has 80 valence electrons. The predicted octanol–water partition coefficient (Wildman–Crippen LogP) is -2.80. The van der Waals surface area contributed by atoms with Crippen LogP contribution in [0.4, 0.5) is 0 Å². The minimum Gasteiger partial charge on any atom is -0.394 e. The molecule has 2 fully saturated rings. The van der Waals surface area contributed by atoms with Gasteiger partial charge < -0.3 is 25.8 Å². The van der Waals surface area contributed by atoms with Crippen molar-refractivity contribution >= 4 is 5.91 Å². The summed E-state index contributed by atoms with van der Waals surface area (Å²) in [7, 11) is 0. The quantitative estimate of drug-likeness (QED) is 0.387. The number of aliphatic hydroxyl groups is 3. The molecule has 5 N–H and O–H groups in total. The van der Waals surface area contributed by atoms with Crippen LogP contribution in [-0.4, -0.2) is 52.2 Å². The third-order valence-corrected chi connectivity index (χ3v) is 2.97. The molecule has 0 aromatic heterocycles. The van der Waals surface area contributed by atoms with Gasteiger partial charge in [0.2, 0.25) is 5.91 Å². The molecule has 6 nitrogen and oxygen atoms in total. The summed E-state index contributed by atoms with van der Waals surface area (Å²) in [4.78, 5) is 10.9. The number of ether oxygens (including phenoxy) is 1. The minimum absolute atomic E-state index is 0.382. The van der Waals surface area contributed by atoms with Gasteiger partial charge in [-0.25, -0.2) is 0 Å². The molecule has 1 heterocycles. The summed E-state index contributed by atoms with van der Waals surface area (Å²) in [5, 5.41) is 27.8. The van der Waals surface area contributed by atoms with E-state index >= 15 is 0 Å². The topological polar surface area (TPSA) is 113 Å². The van der Waals surface area contributed by atoms with Crippen LogP contribution in [0, 0.1) is 11.8 Å². The normalized spacial score (nSPS) is 51.1. The van der Waals surface area contributed by atoms with E-state index in [9.17, 15) is 15.0 Å². The number of fused-ring (bicyclic) bond motifs is 1. The fraction of sp³-hybridized carbons (Fsp3) is 0.875. The van der Waals surface area contributed by atoms with E-state index in [4.69, 9.17) is 15.6 Å². The fourth-order valence-electron chi connectivity index (χ4n) is 2.12. The van der Waals surface area contributed by atoms with Crippen LogP contribution >= 0.6 is 0 Å². The van der Waals surface area contributed by atoms with Crippen LogP contribution in [0.2, 0.25) is 0 Å². The summed E-state index contributed by atoms with van der Waals surface area (Å²) < 4.78 is 5.21. The van der Waals surface area contributed by atoms with Crippen LogP contribution in [0.3, 0.4) is 0 Å². The molecule has 0 radical (unpaired) electrons. The molecule has 6 atom stereocenters. The van der Waals surface area contributed by atoms with Crippen molar-refractivity contribution in [2.75, 3.05) is 6.61 Å². The number of hydrogen-bond acceptors (Lipinski definition) is 5. The third-order valence-electron chi connectivity index (χ3n) is 2.97. The number of hydrogen-bond donors (Lipinski definition) is 4. The lowest BCUT2D eigenvalue weighted by Crippen LogP contribution is -2.47. The zero-order valence-corrected chi connectivity index (χ0v) is 7.41. The summed E-state index contributed by atoms with van der Waals surface area (Å²) in [6.07, 6.45) is -3.45. The Balaban J connectivity index is 2.09. The van der Waals surface area contributed by atoms with Crippen LogP contribution < -0.4 is 5.73 Å². The highest BCUT2D eigenvalue weighted by Crippen LogP contribution is 2.49. The van der Waals surface area contributed by atoms with E-state index in [2.05, 4.69) is 0 Å². The Hall–Kier alpha value is -0.690. The second kappa shape index (κ2) is 3.16. The van der Waals surface area contributed by atoms with E-state index in [-0.39, 0.29) is 6.61 Å².